The van der Waals surface area contributed by atoms with Crippen LogP contribution in [-0.4, -0.2) is 11.4 Å². The Morgan fingerprint density at radius 3 is 2.62 bits per heavy atom. The van der Waals surface area contributed by atoms with E-state index in [0.29, 0.717) is 11.3 Å². The summed E-state index contributed by atoms with van der Waals surface area (Å²) in [4.78, 5) is 11.5. The number of hydrogen-bond acceptors (Lipinski definition) is 3. The molecule has 1 amide bonds. The van der Waals surface area contributed by atoms with Crippen molar-refractivity contribution in [2.45, 2.75) is 38.0 Å². The maximum Gasteiger partial charge on any atom is 0.237 e. The predicted molar refractivity (Wildman–Crippen MR) is 89.9 cm³/mol. The predicted octanol–water partition coefficient (Wildman–Crippen LogP) is 3.07. The zero-order valence-corrected chi connectivity index (χ0v) is 13.6. The van der Waals surface area contributed by atoms with E-state index in [1.54, 1.807) is 18.2 Å². The van der Waals surface area contributed by atoms with E-state index in [1.807, 2.05) is 31.2 Å². The minimum atomic E-state index is -0.648. The Kier molecular flexibility index (Phi) is 4.53. The molecule has 1 saturated heterocycles. The molecule has 1 aliphatic rings. The highest BCUT2D eigenvalue weighted by molar-refractivity contribution is 5.84. The van der Waals surface area contributed by atoms with E-state index < -0.39 is 5.54 Å². The van der Waals surface area contributed by atoms with Crippen LogP contribution in [0.5, 0.6) is 5.75 Å². The summed E-state index contributed by atoms with van der Waals surface area (Å²) in [5.41, 5.74) is 6.41. The van der Waals surface area contributed by atoms with Gasteiger partial charge < -0.3 is 10.5 Å². The van der Waals surface area contributed by atoms with Crippen molar-refractivity contribution in [3.05, 3.63) is 65.5 Å². The molecule has 0 spiro atoms. The topological polar surface area (TPSA) is 64.4 Å². The maximum absolute atomic E-state index is 13.6. The molecule has 24 heavy (non-hydrogen) atoms. The van der Waals surface area contributed by atoms with Gasteiger partial charge in [-0.2, -0.15) is 0 Å². The molecule has 3 N–H and O–H groups in total. The van der Waals surface area contributed by atoms with Crippen molar-refractivity contribution in [1.29, 1.82) is 0 Å². The summed E-state index contributed by atoms with van der Waals surface area (Å²) in [5.74, 6) is 0.0857. The summed E-state index contributed by atoms with van der Waals surface area (Å²) < 4.78 is 19.2. The van der Waals surface area contributed by atoms with E-state index in [-0.39, 0.29) is 24.4 Å². The van der Waals surface area contributed by atoms with Crippen LogP contribution < -0.4 is 15.8 Å². The molecule has 2 atom stereocenters. The van der Waals surface area contributed by atoms with Crippen molar-refractivity contribution in [3.8, 4) is 5.75 Å². The van der Waals surface area contributed by atoms with Gasteiger partial charge in [0.25, 0.3) is 0 Å². The monoisotopic (exact) mass is 328 g/mol. The lowest BCUT2D eigenvalue weighted by Gasteiger charge is -2.22. The van der Waals surface area contributed by atoms with Crippen LogP contribution in [0.4, 0.5) is 4.39 Å². The number of benzene rings is 2. The Morgan fingerprint density at radius 2 is 2.00 bits per heavy atom. The van der Waals surface area contributed by atoms with E-state index >= 15 is 0 Å². The Labute approximate surface area is 140 Å². The standard InChI is InChI=1S/C19H21FN2O2/c1-19(18(21)23)11-10-17(22-19)13-6-8-15(9-7-13)24-12-14-4-2-3-5-16(14)20/h2-9,17,22H,10-12H2,1H3,(H2,21,23)/t17?,19-/m0/s1. The number of nitrogens with one attached hydrogen (secondary N) is 1. The number of halogens is 1. The summed E-state index contributed by atoms with van der Waals surface area (Å²) in [6, 6.07) is 14.3. The molecule has 0 aliphatic carbocycles. The number of primary amides is 1. The highest BCUT2D eigenvalue weighted by atomic mass is 19.1. The third-order valence-corrected chi connectivity index (χ3v) is 4.60. The van der Waals surface area contributed by atoms with Crippen LogP contribution in [0.3, 0.4) is 0 Å². The Hall–Kier alpha value is -2.40. The zero-order valence-electron chi connectivity index (χ0n) is 13.6. The second-order valence-electron chi connectivity index (χ2n) is 6.38. The van der Waals surface area contributed by atoms with Gasteiger partial charge in [0.05, 0.1) is 5.54 Å². The molecule has 1 fully saturated rings. The molecule has 0 saturated carbocycles. The first-order valence-corrected chi connectivity index (χ1v) is 8.02. The van der Waals surface area contributed by atoms with Gasteiger partial charge in [-0.25, -0.2) is 4.39 Å². The van der Waals surface area contributed by atoms with Crippen LogP contribution in [0.25, 0.3) is 0 Å². The first kappa shape index (κ1) is 16.5. The van der Waals surface area contributed by atoms with Gasteiger partial charge in [0, 0.05) is 11.6 Å². The number of amides is 1. The van der Waals surface area contributed by atoms with Gasteiger partial charge in [-0.15, -0.1) is 0 Å². The van der Waals surface area contributed by atoms with Crippen LogP contribution in [0.1, 0.15) is 36.9 Å². The number of hydrogen-bond donors (Lipinski definition) is 2. The van der Waals surface area contributed by atoms with Gasteiger partial charge in [-0.3, -0.25) is 10.1 Å². The lowest BCUT2D eigenvalue weighted by atomic mass is 9.99. The maximum atomic E-state index is 13.6. The normalized spacial score (nSPS) is 23.2. The van der Waals surface area contributed by atoms with Crippen molar-refractivity contribution in [1.82, 2.24) is 5.32 Å². The lowest BCUT2D eigenvalue weighted by Crippen LogP contribution is -2.49. The van der Waals surface area contributed by atoms with Crippen molar-refractivity contribution >= 4 is 5.91 Å². The van der Waals surface area contributed by atoms with E-state index in [1.165, 1.54) is 6.07 Å². The summed E-state index contributed by atoms with van der Waals surface area (Å²) in [7, 11) is 0. The number of carbonyl (C=O) groups is 1. The number of ether oxygens (including phenoxy) is 1. The first-order valence-electron chi connectivity index (χ1n) is 8.02. The average Bonchev–Trinajstić information content (AvgIpc) is 2.99. The van der Waals surface area contributed by atoms with Crippen LogP contribution in [0.2, 0.25) is 0 Å². The summed E-state index contributed by atoms with van der Waals surface area (Å²) in [6.07, 6.45) is 1.58. The van der Waals surface area contributed by atoms with Crippen molar-refractivity contribution in [2.24, 2.45) is 5.73 Å². The molecule has 1 aliphatic heterocycles. The molecule has 3 rings (SSSR count). The molecule has 0 bridgehead atoms. The Balaban J connectivity index is 1.62. The smallest absolute Gasteiger partial charge is 0.237 e. The average molecular weight is 328 g/mol. The van der Waals surface area contributed by atoms with E-state index in [2.05, 4.69) is 5.32 Å². The molecule has 1 unspecified atom stereocenters. The van der Waals surface area contributed by atoms with E-state index in [9.17, 15) is 9.18 Å². The molecule has 0 radical (unpaired) electrons. The molecular weight excluding hydrogens is 307 g/mol. The highest BCUT2D eigenvalue weighted by Gasteiger charge is 2.39. The quantitative estimate of drug-likeness (QED) is 0.886. The van der Waals surface area contributed by atoms with Gasteiger partial charge in [0.1, 0.15) is 18.2 Å². The second-order valence-corrected chi connectivity index (χ2v) is 6.38. The molecule has 2 aromatic rings. The van der Waals surface area contributed by atoms with Crippen molar-refractivity contribution in [2.75, 3.05) is 0 Å². The Morgan fingerprint density at radius 1 is 1.29 bits per heavy atom. The largest absolute Gasteiger partial charge is 0.489 e. The molecule has 2 aromatic carbocycles. The van der Waals surface area contributed by atoms with Crippen LogP contribution >= 0.6 is 0 Å². The second kappa shape index (κ2) is 6.61. The lowest BCUT2D eigenvalue weighted by molar-refractivity contribution is -0.123. The van der Waals surface area contributed by atoms with E-state index in [4.69, 9.17) is 10.5 Å². The third-order valence-electron chi connectivity index (χ3n) is 4.60. The van der Waals surface area contributed by atoms with Gasteiger partial charge in [-0.1, -0.05) is 30.3 Å². The molecule has 1 heterocycles. The summed E-state index contributed by atoms with van der Waals surface area (Å²) in [5, 5.41) is 3.30. The Bertz CT molecular complexity index is 732. The van der Waals surface area contributed by atoms with Crippen LogP contribution in [0, 0.1) is 5.82 Å². The van der Waals surface area contributed by atoms with Gasteiger partial charge in [0.2, 0.25) is 5.91 Å². The van der Waals surface area contributed by atoms with Gasteiger partial charge in [0.15, 0.2) is 0 Å². The van der Waals surface area contributed by atoms with Crippen molar-refractivity contribution in [3.63, 3.8) is 0 Å². The van der Waals surface area contributed by atoms with Gasteiger partial charge >= 0.3 is 0 Å². The fourth-order valence-corrected chi connectivity index (χ4v) is 2.98. The SMILES string of the molecule is C[C@@]1(C(N)=O)CCC(c2ccc(OCc3ccccc3F)cc2)N1. The minimum Gasteiger partial charge on any atom is -0.489 e. The molecule has 5 heteroatoms. The molecule has 126 valence electrons. The fraction of sp³-hybridized carbons (Fsp3) is 0.316. The van der Waals surface area contributed by atoms with Crippen LogP contribution in [0.15, 0.2) is 48.5 Å². The third kappa shape index (κ3) is 3.41. The van der Waals surface area contributed by atoms with Crippen molar-refractivity contribution < 1.29 is 13.9 Å². The summed E-state index contributed by atoms with van der Waals surface area (Å²) in [6.45, 7) is 2.02. The number of rotatable bonds is 5. The summed E-state index contributed by atoms with van der Waals surface area (Å²) >= 11 is 0. The molecule has 4 nitrogen and oxygen atoms in total. The highest BCUT2D eigenvalue weighted by Crippen LogP contribution is 2.33. The number of nitrogens with two attached hydrogens (primary N) is 1. The molecular formula is C19H21FN2O2. The van der Waals surface area contributed by atoms with E-state index in [0.717, 1.165) is 18.4 Å². The zero-order chi connectivity index (χ0) is 17.2. The fourth-order valence-electron chi connectivity index (χ4n) is 2.98. The van der Waals surface area contributed by atoms with Crippen LogP contribution in [-0.2, 0) is 11.4 Å². The first-order chi connectivity index (χ1) is 11.5. The minimum absolute atomic E-state index is 0.100. The van der Waals surface area contributed by atoms with Gasteiger partial charge in [-0.05, 0) is 43.5 Å². The number of carbonyl (C=O) groups excluding carboxylic acids is 1. The molecule has 0 aromatic heterocycles.